The van der Waals surface area contributed by atoms with Crippen molar-refractivity contribution in [3.8, 4) is 0 Å². The maximum atomic E-state index is 11.9. The van der Waals surface area contributed by atoms with Gasteiger partial charge in [-0.1, -0.05) is 12.1 Å². The first-order valence-corrected chi connectivity index (χ1v) is 10.8. The van der Waals surface area contributed by atoms with Gasteiger partial charge in [-0.3, -0.25) is 10.1 Å². The molecular formula is C21H33N5O5. The fraction of sp³-hybridized carbons (Fsp3) is 0.619. The Morgan fingerprint density at radius 1 is 1.23 bits per heavy atom. The number of nitrogens with zero attached hydrogens (tertiary/aromatic N) is 3. The molecule has 10 nitrogen and oxygen atoms in total. The highest BCUT2D eigenvalue weighted by Crippen LogP contribution is 2.13. The molecule has 1 amide bonds. The number of hydrogen-bond acceptors (Lipinski definition) is 6. The van der Waals surface area contributed by atoms with Crippen LogP contribution in [0.15, 0.2) is 29.3 Å². The lowest BCUT2D eigenvalue weighted by Gasteiger charge is -2.32. The zero-order valence-corrected chi connectivity index (χ0v) is 18.3. The Hall–Kier alpha value is -2.88. The zero-order valence-electron chi connectivity index (χ0n) is 18.3. The summed E-state index contributed by atoms with van der Waals surface area (Å²) in [5, 5.41) is 17.6. The molecule has 1 fully saturated rings. The molecule has 1 aliphatic rings. The van der Waals surface area contributed by atoms with Crippen molar-refractivity contribution in [3.05, 3.63) is 39.9 Å². The van der Waals surface area contributed by atoms with E-state index in [4.69, 9.17) is 9.47 Å². The van der Waals surface area contributed by atoms with E-state index in [-0.39, 0.29) is 17.8 Å². The molecule has 0 bridgehead atoms. The van der Waals surface area contributed by atoms with Gasteiger partial charge >= 0.3 is 6.09 Å². The molecule has 0 spiro atoms. The third-order valence-corrected chi connectivity index (χ3v) is 4.89. The molecular weight excluding hydrogens is 402 g/mol. The lowest BCUT2D eigenvalue weighted by molar-refractivity contribution is -0.384. The number of nitro benzene ring substituents is 1. The Labute approximate surface area is 183 Å². The van der Waals surface area contributed by atoms with Gasteiger partial charge in [0.15, 0.2) is 5.96 Å². The van der Waals surface area contributed by atoms with Gasteiger partial charge in [-0.15, -0.1) is 0 Å². The molecule has 1 aliphatic heterocycles. The number of non-ortho nitro benzene ring substituents is 1. The highest BCUT2D eigenvalue weighted by atomic mass is 16.6. The van der Waals surface area contributed by atoms with Crippen LogP contribution in [0.4, 0.5) is 10.5 Å². The summed E-state index contributed by atoms with van der Waals surface area (Å²) in [5.41, 5.74) is 0.951. The summed E-state index contributed by atoms with van der Waals surface area (Å²) in [6.07, 6.45) is 2.20. The number of likely N-dealkylation sites (tertiary alicyclic amines) is 1. The number of carbonyl (C=O) groups excluding carboxylic acids is 1. The molecule has 31 heavy (non-hydrogen) atoms. The van der Waals surface area contributed by atoms with E-state index < -0.39 is 4.92 Å². The van der Waals surface area contributed by atoms with Crippen LogP contribution >= 0.6 is 0 Å². The van der Waals surface area contributed by atoms with Crippen molar-refractivity contribution < 1.29 is 19.2 Å². The van der Waals surface area contributed by atoms with Crippen molar-refractivity contribution in [3.63, 3.8) is 0 Å². The Kier molecular flexibility index (Phi) is 10.6. The van der Waals surface area contributed by atoms with Crippen LogP contribution in [-0.2, 0) is 16.0 Å². The molecule has 2 N–H and O–H groups in total. The van der Waals surface area contributed by atoms with Crippen LogP contribution < -0.4 is 10.6 Å². The predicted molar refractivity (Wildman–Crippen MR) is 118 cm³/mol. The monoisotopic (exact) mass is 435 g/mol. The number of nitrogens with one attached hydrogen (secondary N) is 2. The van der Waals surface area contributed by atoms with Crippen LogP contribution in [0, 0.1) is 10.1 Å². The van der Waals surface area contributed by atoms with E-state index in [1.54, 1.807) is 24.0 Å². The van der Waals surface area contributed by atoms with Crippen molar-refractivity contribution >= 4 is 17.7 Å². The zero-order chi connectivity index (χ0) is 22.5. The topological polar surface area (TPSA) is 118 Å². The molecule has 2 rings (SSSR count). The molecule has 1 saturated heterocycles. The molecule has 0 aliphatic carbocycles. The standard InChI is InChI=1S/C21H33N5O5/c1-3-30-15-5-12-22-20(23-16-17-6-8-19(9-7-17)26(28)29)24-18-10-13-25(14-11-18)21(27)31-4-2/h6-9,18H,3-5,10-16H2,1-2H3,(H2,22,23,24). The predicted octanol–water partition coefficient (Wildman–Crippen LogP) is 2.68. The third-order valence-electron chi connectivity index (χ3n) is 4.89. The van der Waals surface area contributed by atoms with E-state index in [0.717, 1.165) is 24.8 Å². The smallest absolute Gasteiger partial charge is 0.409 e. The van der Waals surface area contributed by atoms with E-state index in [0.29, 0.717) is 52.0 Å². The van der Waals surface area contributed by atoms with Crippen molar-refractivity contribution in [1.82, 2.24) is 15.5 Å². The maximum Gasteiger partial charge on any atom is 0.409 e. The number of benzene rings is 1. The van der Waals surface area contributed by atoms with Crippen molar-refractivity contribution in [2.45, 2.75) is 45.7 Å². The van der Waals surface area contributed by atoms with Crippen LogP contribution in [0.2, 0.25) is 0 Å². The van der Waals surface area contributed by atoms with Gasteiger partial charge in [0.1, 0.15) is 0 Å². The van der Waals surface area contributed by atoms with Gasteiger partial charge in [-0.2, -0.15) is 0 Å². The highest BCUT2D eigenvalue weighted by Gasteiger charge is 2.24. The number of nitro groups is 1. The number of amides is 1. The average molecular weight is 436 g/mol. The van der Waals surface area contributed by atoms with Gasteiger partial charge in [0.05, 0.1) is 18.1 Å². The largest absolute Gasteiger partial charge is 0.450 e. The van der Waals surface area contributed by atoms with Crippen LogP contribution in [0.25, 0.3) is 0 Å². The van der Waals surface area contributed by atoms with Crippen LogP contribution in [-0.4, -0.2) is 67.4 Å². The second kappa shape index (κ2) is 13.4. The van der Waals surface area contributed by atoms with E-state index in [9.17, 15) is 14.9 Å². The molecule has 10 heteroatoms. The summed E-state index contributed by atoms with van der Waals surface area (Å²) in [5.74, 6) is 0.685. The fourth-order valence-corrected chi connectivity index (χ4v) is 3.19. The van der Waals surface area contributed by atoms with E-state index >= 15 is 0 Å². The molecule has 0 aromatic heterocycles. The van der Waals surface area contributed by atoms with Crippen molar-refractivity contribution in [2.75, 3.05) is 39.5 Å². The van der Waals surface area contributed by atoms with Gasteiger partial charge in [0, 0.05) is 51.0 Å². The number of hydrogen-bond donors (Lipinski definition) is 2. The molecule has 0 radical (unpaired) electrons. The number of carbonyl (C=O) groups is 1. The molecule has 172 valence electrons. The minimum atomic E-state index is -0.414. The van der Waals surface area contributed by atoms with Crippen molar-refractivity contribution in [1.29, 1.82) is 0 Å². The van der Waals surface area contributed by atoms with Gasteiger partial charge in [-0.25, -0.2) is 9.79 Å². The molecule has 1 aromatic carbocycles. The van der Waals surface area contributed by atoms with Gasteiger partial charge < -0.3 is 25.0 Å². The minimum Gasteiger partial charge on any atom is -0.450 e. The number of ether oxygens (including phenoxy) is 2. The maximum absolute atomic E-state index is 11.9. The Bertz CT molecular complexity index is 717. The normalized spacial score (nSPS) is 14.9. The summed E-state index contributed by atoms with van der Waals surface area (Å²) in [4.78, 5) is 28.6. The minimum absolute atomic E-state index is 0.0634. The van der Waals surface area contributed by atoms with Gasteiger partial charge in [-0.05, 0) is 38.7 Å². The molecule has 0 atom stereocenters. The number of aliphatic imine (C=N–C) groups is 1. The van der Waals surface area contributed by atoms with Crippen molar-refractivity contribution in [2.24, 2.45) is 4.99 Å². The molecule has 0 unspecified atom stereocenters. The van der Waals surface area contributed by atoms with Crippen LogP contribution in [0.1, 0.15) is 38.7 Å². The molecule has 1 aromatic rings. The molecule has 1 heterocycles. The first-order valence-electron chi connectivity index (χ1n) is 10.8. The SMILES string of the molecule is CCOCCCNC(=NCc1ccc([N+](=O)[O-])cc1)NC1CCN(C(=O)OCC)CC1. The van der Waals surface area contributed by atoms with E-state index in [1.165, 1.54) is 12.1 Å². The highest BCUT2D eigenvalue weighted by molar-refractivity contribution is 5.80. The summed E-state index contributed by atoms with van der Waals surface area (Å²) >= 11 is 0. The number of rotatable bonds is 10. The Morgan fingerprint density at radius 2 is 1.94 bits per heavy atom. The van der Waals surface area contributed by atoms with E-state index in [1.807, 2.05) is 6.92 Å². The fourth-order valence-electron chi connectivity index (χ4n) is 3.19. The third kappa shape index (κ3) is 8.79. The number of guanidine groups is 1. The van der Waals surface area contributed by atoms with Gasteiger partial charge in [0.2, 0.25) is 0 Å². The first kappa shape index (κ1) is 24.4. The summed E-state index contributed by atoms with van der Waals surface area (Å²) < 4.78 is 10.4. The van der Waals surface area contributed by atoms with E-state index in [2.05, 4.69) is 15.6 Å². The van der Waals surface area contributed by atoms with Gasteiger partial charge in [0.25, 0.3) is 5.69 Å². The summed E-state index contributed by atoms with van der Waals surface area (Å²) in [6, 6.07) is 6.59. The Morgan fingerprint density at radius 3 is 2.55 bits per heavy atom. The quantitative estimate of drug-likeness (QED) is 0.191. The Balaban J connectivity index is 1.92. The van der Waals surface area contributed by atoms with Crippen LogP contribution in [0.3, 0.4) is 0 Å². The lowest BCUT2D eigenvalue weighted by atomic mass is 10.1. The first-order chi connectivity index (χ1) is 15.0. The average Bonchev–Trinajstić information content (AvgIpc) is 2.78. The lowest BCUT2D eigenvalue weighted by Crippen LogP contribution is -2.50. The summed E-state index contributed by atoms with van der Waals surface area (Å²) in [6.45, 7) is 7.91. The number of piperidine rings is 1. The summed E-state index contributed by atoms with van der Waals surface area (Å²) in [7, 11) is 0. The molecule has 0 saturated carbocycles. The second-order valence-electron chi connectivity index (χ2n) is 7.17. The van der Waals surface area contributed by atoms with Crippen LogP contribution in [0.5, 0.6) is 0 Å². The second-order valence-corrected chi connectivity index (χ2v) is 7.17.